The summed E-state index contributed by atoms with van der Waals surface area (Å²) in [6, 6.07) is 14.6. The molecule has 4 rings (SSSR count). The quantitative estimate of drug-likeness (QED) is 0.513. The van der Waals surface area contributed by atoms with E-state index in [2.05, 4.69) is 59.0 Å². The van der Waals surface area contributed by atoms with Crippen LogP contribution in [0.2, 0.25) is 0 Å². The highest BCUT2D eigenvalue weighted by Crippen LogP contribution is 2.21. The molecule has 1 saturated heterocycles. The van der Waals surface area contributed by atoms with E-state index in [0.29, 0.717) is 19.4 Å². The highest BCUT2D eigenvalue weighted by Gasteiger charge is 2.22. The average Bonchev–Trinajstić information content (AvgIpc) is 2.82. The number of ketones is 1. The number of hydrogen-bond donors (Lipinski definition) is 0. The van der Waals surface area contributed by atoms with Crippen molar-refractivity contribution in [1.82, 2.24) is 15.0 Å². The molecule has 2 heterocycles. The van der Waals surface area contributed by atoms with Crippen molar-refractivity contribution in [1.29, 1.82) is 0 Å². The fourth-order valence-corrected chi connectivity index (χ4v) is 4.24. The molecule has 0 aliphatic carbocycles. The van der Waals surface area contributed by atoms with Crippen molar-refractivity contribution in [3.63, 3.8) is 0 Å². The molecule has 0 N–H and O–H groups in total. The second-order valence-electron chi connectivity index (χ2n) is 8.94. The van der Waals surface area contributed by atoms with Gasteiger partial charge in [0, 0.05) is 25.9 Å². The molecule has 1 aliphatic heterocycles. The Morgan fingerprint density at radius 2 is 1.76 bits per heavy atom. The zero-order valence-corrected chi connectivity index (χ0v) is 19.8. The molecule has 0 spiro atoms. The Morgan fingerprint density at radius 1 is 1.03 bits per heavy atom. The van der Waals surface area contributed by atoms with Crippen LogP contribution in [0.15, 0.2) is 48.8 Å². The van der Waals surface area contributed by atoms with E-state index in [1.54, 1.807) is 13.3 Å². The third kappa shape index (κ3) is 6.23. The number of piperidine rings is 1. The number of ether oxygens (including phenoxy) is 1. The predicted octanol–water partition coefficient (Wildman–Crippen LogP) is 4.40. The summed E-state index contributed by atoms with van der Waals surface area (Å²) in [7, 11) is 0. The minimum atomic E-state index is 0.170. The summed E-state index contributed by atoms with van der Waals surface area (Å²) in [5.74, 6) is 1.65. The number of rotatable bonds is 8. The van der Waals surface area contributed by atoms with Gasteiger partial charge in [0.25, 0.3) is 0 Å². The molecule has 2 aromatic carbocycles. The minimum absolute atomic E-state index is 0.170. The van der Waals surface area contributed by atoms with Gasteiger partial charge >= 0.3 is 0 Å². The summed E-state index contributed by atoms with van der Waals surface area (Å²) < 4.78 is 6.14. The number of nitrogens with zero attached hydrogens (tertiary/aromatic N) is 4. The normalized spacial score (nSPS) is 14.5. The van der Waals surface area contributed by atoms with E-state index in [1.165, 1.54) is 11.1 Å². The predicted molar refractivity (Wildman–Crippen MR) is 129 cm³/mol. The van der Waals surface area contributed by atoms with Crippen LogP contribution in [0.5, 0.6) is 0 Å². The van der Waals surface area contributed by atoms with Crippen LogP contribution < -0.4 is 4.90 Å². The van der Waals surface area contributed by atoms with Crippen LogP contribution >= 0.6 is 0 Å². The lowest BCUT2D eigenvalue weighted by Gasteiger charge is -2.32. The van der Waals surface area contributed by atoms with Gasteiger partial charge in [0.15, 0.2) is 0 Å². The lowest BCUT2D eigenvalue weighted by Crippen LogP contribution is -2.38. The van der Waals surface area contributed by atoms with Gasteiger partial charge in [-0.05, 0) is 55.9 Å². The standard InChI is InChI=1S/C27H32N4O2/c1-19-7-9-22(10-8-19)17-33-25-11-13-31(14-12-25)27-29-18-28-26(30-27)16-24-6-4-5-23(21(24)3)15-20(2)32/h4-10,18,25H,11-17H2,1-3H3. The highest BCUT2D eigenvalue weighted by atomic mass is 16.5. The van der Waals surface area contributed by atoms with Gasteiger partial charge in [-0.15, -0.1) is 0 Å². The second-order valence-corrected chi connectivity index (χ2v) is 8.94. The monoisotopic (exact) mass is 444 g/mol. The van der Waals surface area contributed by atoms with Crippen molar-refractivity contribution < 1.29 is 9.53 Å². The first-order valence-corrected chi connectivity index (χ1v) is 11.6. The van der Waals surface area contributed by atoms with Crippen LogP contribution in [0.1, 0.15) is 53.4 Å². The fourth-order valence-electron chi connectivity index (χ4n) is 4.24. The molecule has 6 nitrogen and oxygen atoms in total. The molecule has 0 bridgehead atoms. The van der Waals surface area contributed by atoms with Gasteiger partial charge in [0.05, 0.1) is 12.7 Å². The number of aromatic nitrogens is 3. The smallest absolute Gasteiger partial charge is 0.228 e. The largest absolute Gasteiger partial charge is 0.373 e. The van der Waals surface area contributed by atoms with Crippen molar-refractivity contribution >= 4 is 11.7 Å². The zero-order valence-electron chi connectivity index (χ0n) is 19.8. The molecule has 0 unspecified atom stereocenters. The lowest BCUT2D eigenvalue weighted by atomic mass is 9.97. The van der Waals surface area contributed by atoms with Gasteiger partial charge in [-0.1, -0.05) is 48.0 Å². The Bertz CT molecular complexity index is 1090. The van der Waals surface area contributed by atoms with E-state index in [0.717, 1.165) is 54.4 Å². The van der Waals surface area contributed by atoms with Gasteiger partial charge in [-0.2, -0.15) is 4.98 Å². The molecule has 0 radical (unpaired) electrons. The van der Waals surface area contributed by atoms with Crippen LogP contribution in [-0.4, -0.2) is 39.9 Å². The fraction of sp³-hybridized carbons (Fsp3) is 0.407. The van der Waals surface area contributed by atoms with Gasteiger partial charge in [-0.3, -0.25) is 4.79 Å². The molecule has 0 atom stereocenters. The Labute approximate surface area is 196 Å². The van der Waals surface area contributed by atoms with Gasteiger partial charge in [0.2, 0.25) is 5.95 Å². The molecule has 6 heteroatoms. The molecule has 1 aromatic heterocycles. The van der Waals surface area contributed by atoms with E-state index in [1.807, 2.05) is 12.1 Å². The van der Waals surface area contributed by atoms with E-state index in [4.69, 9.17) is 9.72 Å². The number of benzene rings is 2. The minimum Gasteiger partial charge on any atom is -0.373 e. The summed E-state index contributed by atoms with van der Waals surface area (Å²) >= 11 is 0. The maximum absolute atomic E-state index is 11.6. The molecule has 0 amide bonds. The van der Waals surface area contributed by atoms with Crippen molar-refractivity contribution in [2.24, 2.45) is 0 Å². The lowest BCUT2D eigenvalue weighted by molar-refractivity contribution is -0.116. The number of hydrogen-bond acceptors (Lipinski definition) is 6. The van der Waals surface area contributed by atoms with Crippen LogP contribution in [0, 0.1) is 13.8 Å². The first-order chi connectivity index (χ1) is 16.0. The summed E-state index contributed by atoms with van der Waals surface area (Å²) in [6.07, 6.45) is 4.87. The van der Waals surface area contributed by atoms with E-state index >= 15 is 0 Å². The summed E-state index contributed by atoms with van der Waals surface area (Å²) in [4.78, 5) is 27.4. The van der Waals surface area contributed by atoms with Crippen molar-refractivity contribution in [2.75, 3.05) is 18.0 Å². The molecule has 33 heavy (non-hydrogen) atoms. The van der Waals surface area contributed by atoms with Crippen LogP contribution in [-0.2, 0) is 29.0 Å². The topological polar surface area (TPSA) is 68.2 Å². The molecule has 172 valence electrons. The Hall–Kier alpha value is -3.12. The average molecular weight is 445 g/mol. The number of anilines is 1. The van der Waals surface area contributed by atoms with Crippen molar-refractivity contribution in [3.8, 4) is 0 Å². The first kappa shape index (κ1) is 23.1. The zero-order chi connectivity index (χ0) is 23.2. The van der Waals surface area contributed by atoms with E-state index < -0.39 is 0 Å². The third-order valence-corrected chi connectivity index (χ3v) is 6.29. The number of Topliss-reactive ketones (excluding diaryl/α,β-unsaturated/α-hetero) is 1. The molecule has 0 saturated carbocycles. The molecular weight excluding hydrogens is 412 g/mol. The van der Waals surface area contributed by atoms with Crippen molar-refractivity contribution in [3.05, 3.63) is 82.4 Å². The molecule has 1 fully saturated rings. The van der Waals surface area contributed by atoms with Gasteiger partial charge in [0.1, 0.15) is 17.9 Å². The van der Waals surface area contributed by atoms with Crippen LogP contribution in [0.25, 0.3) is 0 Å². The van der Waals surface area contributed by atoms with Crippen LogP contribution in [0.4, 0.5) is 5.95 Å². The summed E-state index contributed by atoms with van der Waals surface area (Å²) in [5.41, 5.74) is 5.84. The first-order valence-electron chi connectivity index (χ1n) is 11.6. The molecular formula is C27H32N4O2. The van der Waals surface area contributed by atoms with Gasteiger partial charge in [-0.25, -0.2) is 9.97 Å². The van der Waals surface area contributed by atoms with Crippen LogP contribution in [0.3, 0.4) is 0 Å². The van der Waals surface area contributed by atoms with Crippen molar-refractivity contribution in [2.45, 2.75) is 59.2 Å². The van der Waals surface area contributed by atoms with Gasteiger partial charge < -0.3 is 9.64 Å². The Kier molecular flexibility index (Phi) is 7.45. The Balaban J connectivity index is 1.34. The van der Waals surface area contributed by atoms with E-state index in [-0.39, 0.29) is 11.9 Å². The third-order valence-electron chi connectivity index (χ3n) is 6.29. The second kappa shape index (κ2) is 10.7. The maximum Gasteiger partial charge on any atom is 0.228 e. The number of carbonyl (C=O) groups excluding carboxylic acids is 1. The molecule has 1 aliphatic rings. The summed E-state index contributed by atoms with van der Waals surface area (Å²) in [5, 5.41) is 0. The van der Waals surface area contributed by atoms with E-state index in [9.17, 15) is 4.79 Å². The number of aryl methyl sites for hydroxylation is 1. The summed E-state index contributed by atoms with van der Waals surface area (Å²) in [6.45, 7) is 8.19. The maximum atomic E-state index is 11.6. The SMILES string of the molecule is CC(=O)Cc1cccc(Cc2ncnc(N3CCC(OCc4ccc(C)cc4)CC3)n2)c1C. The number of carbonyl (C=O) groups is 1. The molecule has 3 aromatic rings. The highest BCUT2D eigenvalue weighted by molar-refractivity contribution is 5.78. The Morgan fingerprint density at radius 3 is 2.48 bits per heavy atom.